The summed E-state index contributed by atoms with van der Waals surface area (Å²) in [6, 6.07) is 29.0. The zero-order valence-corrected chi connectivity index (χ0v) is 26.1. The van der Waals surface area contributed by atoms with E-state index in [-0.39, 0.29) is 23.8 Å². The molecule has 0 saturated carbocycles. The van der Waals surface area contributed by atoms with E-state index >= 15 is 0 Å². The fourth-order valence-corrected chi connectivity index (χ4v) is 6.58. The van der Waals surface area contributed by atoms with E-state index in [0.29, 0.717) is 22.8 Å². The third-order valence-corrected chi connectivity index (χ3v) is 9.15. The molecule has 0 saturated heterocycles. The van der Waals surface area contributed by atoms with Crippen LogP contribution in [0.1, 0.15) is 29.2 Å². The van der Waals surface area contributed by atoms with Gasteiger partial charge in [0.15, 0.2) is 0 Å². The highest BCUT2D eigenvalue weighted by atomic mass is 35.5. The molecule has 0 radical (unpaired) electrons. The van der Waals surface area contributed by atoms with Gasteiger partial charge in [-0.05, 0) is 67.8 Å². The number of hydrogen-bond acceptors (Lipinski definition) is 4. The average molecular weight is 618 g/mol. The number of aryl methyl sites for hydroxylation is 2. The highest BCUT2D eigenvalue weighted by molar-refractivity contribution is 7.92. The molecule has 43 heavy (non-hydrogen) atoms. The van der Waals surface area contributed by atoms with E-state index in [1.165, 1.54) is 17.0 Å². The van der Waals surface area contributed by atoms with Crippen molar-refractivity contribution >= 4 is 39.1 Å². The first-order chi connectivity index (χ1) is 20.6. The van der Waals surface area contributed by atoms with Crippen LogP contribution in [0.15, 0.2) is 108 Å². The first kappa shape index (κ1) is 31.8. The van der Waals surface area contributed by atoms with Gasteiger partial charge in [-0.25, -0.2) is 8.42 Å². The summed E-state index contributed by atoms with van der Waals surface area (Å²) in [6.07, 6.45) is 0.251. The number of halogens is 1. The minimum Gasteiger partial charge on any atom is -0.355 e. The highest BCUT2D eigenvalue weighted by Gasteiger charge is 2.34. The van der Waals surface area contributed by atoms with Crippen molar-refractivity contribution < 1.29 is 18.0 Å². The quantitative estimate of drug-likeness (QED) is 0.214. The molecule has 0 aromatic heterocycles. The molecular formula is C34H36ClN3O4S. The van der Waals surface area contributed by atoms with Crippen molar-refractivity contribution in [1.29, 1.82) is 0 Å². The van der Waals surface area contributed by atoms with Crippen molar-refractivity contribution in [2.24, 2.45) is 0 Å². The first-order valence-electron chi connectivity index (χ1n) is 14.1. The van der Waals surface area contributed by atoms with Gasteiger partial charge in [0.2, 0.25) is 11.8 Å². The number of amides is 2. The Morgan fingerprint density at radius 3 is 2.07 bits per heavy atom. The van der Waals surface area contributed by atoms with Gasteiger partial charge in [-0.2, -0.15) is 0 Å². The van der Waals surface area contributed by atoms with E-state index in [9.17, 15) is 18.0 Å². The standard InChI is InChI=1S/C34H36ClN3O4S/c1-4-36-34(40)32(22-27-11-7-5-8-12-27)37(23-28-16-18-29(35)19-17-28)33(39)24-38(31-20-15-25(2)21-26(31)3)43(41,42)30-13-9-6-10-14-30/h5-21,32H,4,22-24H2,1-3H3,(H,36,40)/t32-/m0/s1. The van der Waals surface area contributed by atoms with Gasteiger partial charge in [0.25, 0.3) is 10.0 Å². The second-order valence-corrected chi connectivity index (χ2v) is 12.7. The number of carbonyl (C=O) groups is 2. The number of nitrogens with one attached hydrogen (secondary N) is 1. The van der Waals surface area contributed by atoms with Crippen molar-refractivity contribution in [2.45, 2.75) is 44.7 Å². The summed E-state index contributed by atoms with van der Waals surface area (Å²) in [4.78, 5) is 29.5. The molecule has 0 aliphatic rings. The van der Waals surface area contributed by atoms with E-state index in [2.05, 4.69) is 5.32 Å². The molecule has 0 aliphatic carbocycles. The lowest BCUT2D eigenvalue weighted by Gasteiger charge is -2.34. The number of carbonyl (C=O) groups excluding carboxylic acids is 2. The number of likely N-dealkylation sites (N-methyl/N-ethyl adjacent to an activating group) is 1. The van der Waals surface area contributed by atoms with Crippen LogP contribution in [0.5, 0.6) is 0 Å². The Morgan fingerprint density at radius 2 is 1.47 bits per heavy atom. The first-order valence-corrected chi connectivity index (χ1v) is 15.9. The van der Waals surface area contributed by atoms with Crippen LogP contribution >= 0.6 is 11.6 Å². The molecule has 224 valence electrons. The molecule has 0 heterocycles. The molecule has 0 aliphatic heterocycles. The van der Waals surface area contributed by atoms with Crippen molar-refractivity contribution in [2.75, 3.05) is 17.4 Å². The van der Waals surface area contributed by atoms with Crippen molar-refractivity contribution in [1.82, 2.24) is 10.2 Å². The summed E-state index contributed by atoms with van der Waals surface area (Å²) >= 11 is 6.13. The lowest BCUT2D eigenvalue weighted by molar-refractivity contribution is -0.140. The maximum absolute atomic E-state index is 14.4. The second kappa shape index (κ2) is 14.4. The second-order valence-electron chi connectivity index (χ2n) is 10.4. The monoisotopic (exact) mass is 617 g/mol. The van der Waals surface area contributed by atoms with Gasteiger partial charge in [-0.1, -0.05) is 90.0 Å². The Hall–Kier alpha value is -4.14. The summed E-state index contributed by atoms with van der Waals surface area (Å²) in [5, 5.41) is 3.41. The van der Waals surface area contributed by atoms with Crippen LogP contribution in [0.2, 0.25) is 5.02 Å². The van der Waals surface area contributed by atoms with Crippen LogP contribution < -0.4 is 9.62 Å². The van der Waals surface area contributed by atoms with Crippen molar-refractivity contribution in [3.05, 3.63) is 130 Å². The van der Waals surface area contributed by atoms with Crippen LogP contribution in [0.4, 0.5) is 5.69 Å². The van der Waals surface area contributed by atoms with Crippen LogP contribution in [0, 0.1) is 13.8 Å². The Bertz CT molecular complexity index is 1650. The van der Waals surface area contributed by atoms with Crippen molar-refractivity contribution in [3.63, 3.8) is 0 Å². The zero-order valence-electron chi connectivity index (χ0n) is 24.5. The Labute approximate surface area is 259 Å². The summed E-state index contributed by atoms with van der Waals surface area (Å²) in [5.74, 6) is -0.834. The van der Waals surface area contributed by atoms with Crippen molar-refractivity contribution in [3.8, 4) is 0 Å². The minimum atomic E-state index is -4.14. The molecule has 0 fully saturated rings. The van der Waals surface area contributed by atoms with E-state index < -0.39 is 28.5 Å². The number of rotatable bonds is 12. The van der Waals surface area contributed by atoms with Crippen LogP contribution in [0.3, 0.4) is 0 Å². The lowest BCUT2D eigenvalue weighted by atomic mass is 10.0. The smallest absolute Gasteiger partial charge is 0.264 e. The molecule has 0 spiro atoms. The summed E-state index contributed by atoms with van der Waals surface area (Å²) in [7, 11) is -4.14. The lowest BCUT2D eigenvalue weighted by Crippen LogP contribution is -2.53. The van der Waals surface area contributed by atoms with Gasteiger partial charge >= 0.3 is 0 Å². The zero-order chi connectivity index (χ0) is 31.0. The van der Waals surface area contributed by atoms with Crippen LogP contribution in [-0.4, -0.2) is 44.3 Å². The van der Waals surface area contributed by atoms with Gasteiger partial charge in [-0.15, -0.1) is 0 Å². The number of sulfonamides is 1. The molecule has 0 unspecified atom stereocenters. The van der Waals surface area contributed by atoms with Crippen LogP contribution in [0.25, 0.3) is 0 Å². The summed E-state index contributed by atoms with van der Waals surface area (Å²) < 4.78 is 29.3. The third-order valence-electron chi connectivity index (χ3n) is 7.12. The third kappa shape index (κ3) is 8.03. The molecule has 4 aromatic rings. The fourth-order valence-electron chi connectivity index (χ4n) is 4.95. The molecule has 7 nitrogen and oxygen atoms in total. The van der Waals surface area contributed by atoms with Gasteiger partial charge < -0.3 is 10.2 Å². The SMILES string of the molecule is CCNC(=O)[C@H](Cc1ccccc1)N(Cc1ccc(Cl)cc1)C(=O)CN(c1ccc(C)cc1C)S(=O)(=O)c1ccccc1. The van der Waals surface area contributed by atoms with E-state index in [0.717, 1.165) is 21.0 Å². The number of nitrogens with zero attached hydrogens (tertiary/aromatic N) is 2. The highest BCUT2D eigenvalue weighted by Crippen LogP contribution is 2.28. The molecule has 4 aromatic carbocycles. The molecular weight excluding hydrogens is 582 g/mol. The maximum Gasteiger partial charge on any atom is 0.264 e. The summed E-state index contributed by atoms with van der Waals surface area (Å²) in [6.45, 7) is 5.52. The molecule has 9 heteroatoms. The Balaban J connectivity index is 1.81. The molecule has 1 N–H and O–H groups in total. The van der Waals surface area contributed by atoms with Gasteiger partial charge in [0, 0.05) is 24.5 Å². The average Bonchev–Trinajstić information content (AvgIpc) is 3.00. The molecule has 1 atom stereocenters. The molecule has 0 bridgehead atoms. The predicted molar refractivity (Wildman–Crippen MR) is 172 cm³/mol. The van der Waals surface area contributed by atoms with Gasteiger partial charge in [-0.3, -0.25) is 13.9 Å². The number of hydrogen-bond donors (Lipinski definition) is 1. The summed E-state index contributed by atoms with van der Waals surface area (Å²) in [5.41, 5.74) is 3.70. The predicted octanol–water partition coefficient (Wildman–Crippen LogP) is 5.93. The van der Waals surface area contributed by atoms with E-state index in [1.54, 1.807) is 48.5 Å². The minimum absolute atomic E-state index is 0.0663. The van der Waals surface area contributed by atoms with E-state index in [1.807, 2.05) is 63.2 Å². The number of benzene rings is 4. The van der Waals surface area contributed by atoms with E-state index in [4.69, 9.17) is 11.6 Å². The molecule has 4 rings (SSSR count). The fraction of sp³-hybridized carbons (Fsp3) is 0.235. The maximum atomic E-state index is 14.4. The normalized spacial score (nSPS) is 11.9. The Kier molecular flexibility index (Phi) is 10.6. The largest absolute Gasteiger partial charge is 0.355 e. The molecule has 2 amide bonds. The van der Waals surface area contributed by atoms with Gasteiger partial charge in [0.05, 0.1) is 10.6 Å². The topological polar surface area (TPSA) is 86.8 Å². The van der Waals surface area contributed by atoms with Gasteiger partial charge in [0.1, 0.15) is 12.6 Å². The Morgan fingerprint density at radius 1 is 0.837 bits per heavy atom. The number of anilines is 1. The van der Waals surface area contributed by atoms with Crippen LogP contribution in [-0.2, 0) is 32.6 Å².